The summed E-state index contributed by atoms with van der Waals surface area (Å²) >= 11 is 0. The lowest BCUT2D eigenvalue weighted by Gasteiger charge is -2.22. The summed E-state index contributed by atoms with van der Waals surface area (Å²) in [5.41, 5.74) is 0.610. The highest BCUT2D eigenvalue weighted by molar-refractivity contribution is 5.37. The van der Waals surface area contributed by atoms with Gasteiger partial charge in [0.25, 0.3) is 0 Å². The quantitative estimate of drug-likeness (QED) is 0.821. The van der Waals surface area contributed by atoms with Gasteiger partial charge >= 0.3 is 0 Å². The fraction of sp³-hybridized carbons (Fsp3) is 0.733. The molecule has 0 atom stereocenters. The molecule has 108 valence electrons. The second kappa shape index (κ2) is 6.85. The molecule has 0 aliphatic carbocycles. The van der Waals surface area contributed by atoms with Gasteiger partial charge in [0.1, 0.15) is 11.4 Å². The molecule has 1 rings (SSSR count). The number of rotatable bonds is 7. The third kappa shape index (κ3) is 4.78. The van der Waals surface area contributed by atoms with Gasteiger partial charge in [-0.15, -0.1) is 0 Å². The molecular formula is C15H27N3O. The van der Waals surface area contributed by atoms with E-state index < -0.39 is 5.60 Å². The Morgan fingerprint density at radius 1 is 1.32 bits per heavy atom. The minimum absolute atomic E-state index is 0.463. The summed E-state index contributed by atoms with van der Waals surface area (Å²) in [6.45, 7) is 11.4. The average molecular weight is 265 g/mol. The van der Waals surface area contributed by atoms with E-state index in [1.807, 2.05) is 19.9 Å². The van der Waals surface area contributed by atoms with Crippen molar-refractivity contribution in [3.8, 4) is 0 Å². The number of ether oxygens (including phenoxy) is 1. The first-order valence-electron chi connectivity index (χ1n) is 7.06. The summed E-state index contributed by atoms with van der Waals surface area (Å²) in [7, 11) is 1.69. The normalized spacial score (nSPS) is 11.9. The summed E-state index contributed by atoms with van der Waals surface area (Å²) in [5.74, 6) is 2.21. The van der Waals surface area contributed by atoms with E-state index in [9.17, 15) is 0 Å². The van der Waals surface area contributed by atoms with E-state index in [0.717, 1.165) is 36.7 Å². The fourth-order valence-electron chi connectivity index (χ4n) is 1.72. The van der Waals surface area contributed by atoms with Crippen LogP contribution in [0.25, 0.3) is 0 Å². The lowest BCUT2D eigenvalue weighted by atomic mass is 10.1. The van der Waals surface area contributed by atoms with Crippen LogP contribution in [0, 0.1) is 5.92 Å². The first kappa shape index (κ1) is 15.9. The number of aromatic nitrogens is 2. The second-order valence-electron chi connectivity index (χ2n) is 5.81. The number of anilines is 1. The number of hydrogen-bond acceptors (Lipinski definition) is 4. The van der Waals surface area contributed by atoms with Gasteiger partial charge in [-0.05, 0) is 32.6 Å². The van der Waals surface area contributed by atoms with Crippen LogP contribution in [0.15, 0.2) is 6.07 Å². The van der Waals surface area contributed by atoms with Crippen molar-refractivity contribution >= 4 is 5.82 Å². The van der Waals surface area contributed by atoms with Gasteiger partial charge in [0, 0.05) is 25.4 Å². The van der Waals surface area contributed by atoms with Gasteiger partial charge in [-0.2, -0.15) is 0 Å². The van der Waals surface area contributed by atoms with Gasteiger partial charge < -0.3 is 10.1 Å². The van der Waals surface area contributed by atoms with E-state index in [1.165, 1.54) is 0 Å². The van der Waals surface area contributed by atoms with E-state index in [1.54, 1.807) is 7.11 Å². The van der Waals surface area contributed by atoms with Crippen LogP contribution in [0.1, 0.15) is 52.6 Å². The summed E-state index contributed by atoms with van der Waals surface area (Å²) in [6.07, 6.45) is 2.03. The maximum Gasteiger partial charge on any atom is 0.162 e. The highest BCUT2D eigenvalue weighted by atomic mass is 16.5. The number of methoxy groups -OCH3 is 1. The Hall–Kier alpha value is -1.16. The smallest absolute Gasteiger partial charge is 0.162 e. The fourth-order valence-corrected chi connectivity index (χ4v) is 1.72. The molecule has 0 saturated heterocycles. The maximum absolute atomic E-state index is 5.49. The molecule has 0 saturated carbocycles. The zero-order valence-corrected chi connectivity index (χ0v) is 13.1. The van der Waals surface area contributed by atoms with Crippen LogP contribution in [0.3, 0.4) is 0 Å². The molecular weight excluding hydrogens is 238 g/mol. The van der Waals surface area contributed by atoms with Crippen molar-refractivity contribution in [2.45, 2.75) is 53.1 Å². The highest BCUT2D eigenvalue weighted by Crippen LogP contribution is 2.22. The van der Waals surface area contributed by atoms with Gasteiger partial charge in [0.05, 0.1) is 0 Å². The largest absolute Gasteiger partial charge is 0.371 e. The molecule has 0 unspecified atom stereocenters. The topological polar surface area (TPSA) is 47.0 Å². The zero-order chi connectivity index (χ0) is 14.5. The van der Waals surface area contributed by atoms with Crippen molar-refractivity contribution in [3.63, 3.8) is 0 Å². The van der Waals surface area contributed by atoms with Crippen LogP contribution in [0.2, 0.25) is 0 Å². The van der Waals surface area contributed by atoms with Crippen molar-refractivity contribution in [2.75, 3.05) is 19.0 Å². The van der Waals surface area contributed by atoms with Gasteiger partial charge in [0.15, 0.2) is 5.82 Å². The van der Waals surface area contributed by atoms with Crippen LogP contribution < -0.4 is 5.32 Å². The minimum atomic E-state index is -0.463. The molecule has 0 aliphatic rings. The van der Waals surface area contributed by atoms with E-state index >= 15 is 0 Å². The summed E-state index contributed by atoms with van der Waals surface area (Å²) in [5, 5.41) is 3.34. The highest BCUT2D eigenvalue weighted by Gasteiger charge is 2.24. The first-order chi connectivity index (χ1) is 8.89. The number of hydrogen-bond donors (Lipinski definition) is 1. The SMILES string of the molecule is CCCNc1cc(CC(C)C)nc(C(C)(C)OC)n1. The molecule has 0 spiro atoms. The number of nitrogens with one attached hydrogen (secondary N) is 1. The molecule has 1 heterocycles. The maximum atomic E-state index is 5.49. The molecule has 19 heavy (non-hydrogen) atoms. The van der Waals surface area contributed by atoms with Crippen LogP contribution in [-0.4, -0.2) is 23.6 Å². The molecule has 4 nitrogen and oxygen atoms in total. The molecule has 0 bridgehead atoms. The molecule has 0 aliphatic heterocycles. The van der Waals surface area contributed by atoms with Gasteiger partial charge in [-0.25, -0.2) is 9.97 Å². The molecule has 0 fully saturated rings. The molecule has 4 heteroatoms. The van der Waals surface area contributed by atoms with Crippen LogP contribution >= 0.6 is 0 Å². The van der Waals surface area contributed by atoms with Crippen molar-refractivity contribution in [3.05, 3.63) is 17.6 Å². The standard InChI is InChI=1S/C15H27N3O/c1-7-8-16-13-10-12(9-11(2)3)17-14(18-13)15(4,5)19-6/h10-11H,7-9H2,1-6H3,(H,16,17,18). The number of nitrogens with zero attached hydrogens (tertiary/aromatic N) is 2. The van der Waals surface area contributed by atoms with E-state index in [4.69, 9.17) is 4.74 Å². The van der Waals surface area contributed by atoms with Crippen LogP contribution in [0.4, 0.5) is 5.82 Å². The molecule has 1 N–H and O–H groups in total. The Bertz CT molecular complexity index is 402. The Kier molecular flexibility index (Phi) is 5.73. The van der Waals surface area contributed by atoms with Crippen LogP contribution in [0.5, 0.6) is 0 Å². The Labute approximate surface area is 117 Å². The minimum Gasteiger partial charge on any atom is -0.371 e. The van der Waals surface area contributed by atoms with E-state index in [0.29, 0.717) is 5.92 Å². The lowest BCUT2D eigenvalue weighted by molar-refractivity contribution is 0.0114. The third-order valence-corrected chi connectivity index (χ3v) is 3.00. The molecule has 0 amide bonds. The monoisotopic (exact) mass is 265 g/mol. The van der Waals surface area contributed by atoms with Crippen molar-refractivity contribution in [2.24, 2.45) is 5.92 Å². The predicted molar refractivity (Wildman–Crippen MR) is 79.4 cm³/mol. The predicted octanol–water partition coefficient (Wildman–Crippen LogP) is 3.38. The lowest BCUT2D eigenvalue weighted by Crippen LogP contribution is -2.24. The van der Waals surface area contributed by atoms with Crippen molar-refractivity contribution in [1.29, 1.82) is 0 Å². The second-order valence-corrected chi connectivity index (χ2v) is 5.81. The Morgan fingerprint density at radius 2 is 2.00 bits per heavy atom. The summed E-state index contributed by atoms with van der Waals surface area (Å²) < 4.78 is 5.49. The molecule has 0 aromatic carbocycles. The first-order valence-corrected chi connectivity index (χ1v) is 7.06. The van der Waals surface area contributed by atoms with Crippen molar-refractivity contribution < 1.29 is 4.74 Å². The van der Waals surface area contributed by atoms with Gasteiger partial charge in [0.2, 0.25) is 0 Å². The van der Waals surface area contributed by atoms with E-state index in [-0.39, 0.29) is 0 Å². The Balaban J connectivity index is 3.08. The molecule has 0 radical (unpaired) electrons. The molecule has 1 aromatic rings. The van der Waals surface area contributed by atoms with Crippen molar-refractivity contribution in [1.82, 2.24) is 9.97 Å². The zero-order valence-electron chi connectivity index (χ0n) is 13.1. The average Bonchev–Trinajstić information content (AvgIpc) is 2.35. The van der Waals surface area contributed by atoms with Gasteiger partial charge in [-0.1, -0.05) is 20.8 Å². The van der Waals surface area contributed by atoms with Crippen LogP contribution in [-0.2, 0) is 16.8 Å². The third-order valence-electron chi connectivity index (χ3n) is 3.00. The summed E-state index contributed by atoms with van der Waals surface area (Å²) in [4.78, 5) is 9.22. The summed E-state index contributed by atoms with van der Waals surface area (Å²) in [6, 6.07) is 2.05. The van der Waals surface area contributed by atoms with E-state index in [2.05, 4.69) is 36.1 Å². The Morgan fingerprint density at radius 3 is 2.53 bits per heavy atom. The van der Waals surface area contributed by atoms with Gasteiger partial charge in [-0.3, -0.25) is 0 Å². The molecule has 1 aromatic heterocycles.